The molecule has 5 nitrogen and oxygen atoms in total. The molecule has 2 amide bonds. The molecule has 0 unspecified atom stereocenters. The van der Waals surface area contributed by atoms with Crippen LogP contribution in [0.4, 0.5) is 10.8 Å². The first-order valence-corrected chi connectivity index (χ1v) is 11.5. The molecule has 8 heteroatoms. The van der Waals surface area contributed by atoms with Crippen LogP contribution in [0.25, 0.3) is 10.2 Å². The number of thiazole rings is 1. The van der Waals surface area contributed by atoms with Crippen molar-refractivity contribution in [1.29, 1.82) is 0 Å². The third kappa shape index (κ3) is 5.94. The Morgan fingerprint density at radius 1 is 1.00 bits per heavy atom. The average molecular weight is 464 g/mol. The fourth-order valence-corrected chi connectivity index (χ4v) is 4.53. The van der Waals surface area contributed by atoms with E-state index in [2.05, 4.69) is 22.5 Å². The quantitative estimate of drug-likeness (QED) is 0.330. The number of unbranched alkanes of at least 4 members (excludes halogenated alkanes) is 4. The number of benzene rings is 2. The molecule has 3 aromatic rings. The van der Waals surface area contributed by atoms with Crippen molar-refractivity contribution in [3.63, 3.8) is 0 Å². The van der Waals surface area contributed by atoms with E-state index in [0.717, 1.165) is 23.1 Å². The Kier molecular flexibility index (Phi) is 8.08. The minimum absolute atomic E-state index is 0.0209. The average Bonchev–Trinajstić information content (AvgIpc) is 3.09. The van der Waals surface area contributed by atoms with E-state index in [4.69, 9.17) is 23.2 Å². The van der Waals surface area contributed by atoms with Gasteiger partial charge in [-0.25, -0.2) is 4.98 Å². The molecule has 0 aliphatic rings. The zero-order valence-corrected chi connectivity index (χ0v) is 19.0. The normalized spacial score (nSPS) is 10.9. The summed E-state index contributed by atoms with van der Waals surface area (Å²) in [5.41, 5.74) is 1.59. The zero-order chi connectivity index (χ0) is 21.5. The molecule has 0 radical (unpaired) electrons. The highest BCUT2D eigenvalue weighted by Crippen LogP contribution is 2.30. The summed E-state index contributed by atoms with van der Waals surface area (Å²) in [5, 5.41) is 6.82. The van der Waals surface area contributed by atoms with E-state index in [-0.39, 0.29) is 17.4 Å². The molecule has 0 atom stereocenters. The van der Waals surface area contributed by atoms with Crippen LogP contribution in [0.5, 0.6) is 0 Å². The maximum Gasteiger partial charge on any atom is 0.258 e. The van der Waals surface area contributed by atoms with Gasteiger partial charge < -0.3 is 10.6 Å². The van der Waals surface area contributed by atoms with Gasteiger partial charge in [0.25, 0.3) is 5.91 Å². The third-order valence-electron chi connectivity index (χ3n) is 4.59. The van der Waals surface area contributed by atoms with E-state index in [1.807, 2.05) is 6.07 Å². The topological polar surface area (TPSA) is 71.1 Å². The molecule has 0 bridgehead atoms. The minimum atomic E-state index is -0.383. The number of nitrogens with one attached hydrogen (secondary N) is 2. The molecular weight excluding hydrogens is 441 g/mol. The summed E-state index contributed by atoms with van der Waals surface area (Å²) in [4.78, 5) is 29.1. The molecule has 0 fully saturated rings. The molecule has 3 rings (SSSR count). The number of halogens is 2. The van der Waals surface area contributed by atoms with Crippen molar-refractivity contribution < 1.29 is 9.59 Å². The van der Waals surface area contributed by atoms with E-state index >= 15 is 0 Å². The van der Waals surface area contributed by atoms with Crippen LogP contribution in [0.2, 0.25) is 10.0 Å². The Morgan fingerprint density at radius 3 is 2.47 bits per heavy atom. The Labute approximate surface area is 189 Å². The Bertz CT molecular complexity index is 1030. The molecule has 0 saturated carbocycles. The Morgan fingerprint density at radius 2 is 1.73 bits per heavy atom. The molecule has 1 aromatic heterocycles. The molecule has 0 aliphatic carbocycles. The first-order chi connectivity index (χ1) is 14.5. The number of carbonyl (C=O) groups excluding carboxylic acids is 2. The fraction of sp³-hybridized carbons (Fsp3) is 0.318. The summed E-state index contributed by atoms with van der Waals surface area (Å²) >= 11 is 13.6. The predicted octanol–water partition coefficient (Wildman–Crippen LogP) is 7.15. The number of rotatable bonds is 9. The van der Waals surface area contributed by atoms with Gasteiger partial charge in [0.15, 0.2) is 5.13 Å². The summed E-state index contributed by atoms with van der Waals surface area (Å²) in [6.07, 6.45) is 6.02. The van der Waals surface area contributed by atoms with Crippen molar-refractivity contribution in [2.45, 2.75) is 45.4 Å². The van der Waals surface area contributed by atoms with Gasteiger partial charge in [-0.1, -0.05) is 73.2 Å². The van der Waals surface area contributed by atoms with Gasteiger partial charge in [-0.05, 0) is 36.8 Å². The molecule has 158 valence electrons. The number of hydrogen-bond donors (Lipinski definition) is 2. The first-order valence-electron chi connectivity index (χ1n) is 9.93. The van der Waals surface area contributed by atoms with Gasteiger partial charge in [0.2, 0.25) is 5.91 Å². The highest BCUT2D eigenvalue weighted by Gasteiger charge is 2.15. The maximum absolute atomic E-state index is 12.6. The second-order valence-corrected chi connectivity index (χ2v) is 8.81. The molecule has 30 heavy (non-hydrogen) atoms. The van der Waals surface area contributed by atoms with E-state index in [1.54, 1.807) is 30.3 Å². The zero-order valence-electron chi connectivity index (χ0n) is 16.6. The number of hydrogen-bond acceptors (Lipinski definition) is 4. The van der Waals surface area contributed by atoms with Crippen molar-refractivity contribution in [3.8, 4) is 0 Å². The van der Waals surface area contributed by atoms with Crippen LogP contribution in [-0.2, 0) is 4.79 Å². The number of amides is 2. The summed E-state index contributed by atoms with van der Waals surface area (Å²) in [7, 11) is 0. The van der Waals surface area contributed by atoms with Crippen LogP contribution >= 0.6 is 34.5 Å². The summed E-state index contributed by atoms with van der Waals surface area (Å²) in [6, 6.07) is 10.3. The molecule has 0 spiro atoms. The van der Waals surface area contributed by atoms with Crippen molar-refractivity contribution >= 4 is 67.4 Å². The highest BCUT2D eigenvalue weighted by molar-refractivity contribution is 7.22. The summed E-state index contributed by atoms with van der Waals surface area (Å²) in [6.45, 7) is 2.17. The largest absolute Gasteiger partial charge is 0.322 e. The number of carbonyl (C=O) groups is 2. The maximum atomic E-state index is 12.6. The molecule has 2 N–H and O–H groups in total. The molecule has 1 heterocycles. The van der Waals surface area contributed by atoms with Gasteiger partial charge in [-0.15, -0.1) is 0 Å². The van der Waals surface area contributed by atoms with Crippen LogP contribution in [0.1, 0.15) is 55.8 Å². The molecule has 0 saturated heterocycles. The van der Waals surface area contributed by atoms with Crippen molar-refractivity contribution in [1.82, 2.24) is 4.98 Å². The lowest BCUT2D eigenvalue weighted by Gasteiger charge is -2.08. The lowest BCUT2D eigenvalue weighted by Crippen LogP contribution is -2.13. The second-order valence-electron chi connectivity index (χ2n) is 6.96. The lowest BCUT2D eigenvalue weighted by molar-refractivity contribution is -0.116. The number of aromatic nitrogens is 1. The van der Waals surface area contributed by atoms with Crippen molar-refractivity contribution in [2.24, 2.45) is 0 Å². The van der Waals surface area contributed by atoms with Gasteiger partial charge in [0.1, 0.15) is 0 Å². The number of nitrogens with zero attached hydrogens (tertiary/aromatic N) is 1. The van der Waals surface area contributed by atoms with Crippen LogP contribution in [-0.4, -0.2) is 16.8 Å². The number of anilines is 2. The van der Waals surface area contributed by atoms with E-state index in [1.165, 1.54) is 30.6 Å². The smallest absolute Gasteiger partial charge is 0.258 e. The summed E-state index contributed by atoms with van der Waals surface area (Å²) in [5.74, 6) is -0.404. The highest BCUT2D eigenvalue weighted by atomic mass is 35.5. The Hall–Kier alpha value is -2.15. The third-order valence-corrected chi connectivity index (χ3v) is 6.15. The lowest BCUT2D eigenvalue weighted by atomic mass is 10.1. The van der Waals surface area contributed by atoms with Crippen molar-refractivity contribution in [3.05, 3.63) is 52.0 Å². The molecule has 2 aromatic carbocycles. The minimum Gasteiger partial charge on any atom is -0.322 e. The summed E-state index contributed by atoms with van der Waals surface area (Å²) < 4.78 is 0.858. The van der Waals surface area contributed by atoms with Gasteiger partial charge in [0, 0.05) is 12.1 Å². The van der Waals surface area contributed by atoms with Crippen LogP contribution in [0, 0.1) is 0 Å². The SMILES string of the molecule is CCCCCCCC(=O)Nc1nc2ccc(NC(=O)c3c(Cl)cccc3Cl)cc2s1. The van der Waals surface area contributed by atoms with Gasteiger partial charge in [-0.2, -0.15) is 0 Å². The van der Waals surface area contributed by atoms with E-state index in [9.17, 15) is 9.59 Å². The fourth-order valence-electron chi connectivity index (χ4n) is 3.04. The first kappa shape index (κ1) is 22.5. The van der Waals surface area contributed by atoms with E-state index in [0.29, 0.717) is 27.3 Å². The monoisotopic (exact) mass is 463 g/mol. The van der Waals surface area contributed by atoms with Gasteiger partial charge in [-0.3, -0.25) is 9.59 Å². The van der Waals surface area contributed by atoms with Gasteiger partial charge >= 0.3 is 0 Å². The Balaban J connectivity index is 1.63. The van der Waals surface area contributed by atoms with Gasteiger partial charge in [0.05, 0.1) is 25.8 Å². The molecule has 0 aliphatic heterocycles. The second kappa shape index (κ2) is 10.8. The van der Waals surface area contributed by atoms with Crippen molar-refractivity contribution in [2.75, 3.05) is 10.6 Å². The van der Waals surface area contributed by atoms with Crippen LogP contribution < -0.4 is 10.6 Å². The number of fused-ring (bicyclic) bond motifs is 1. The van der Waals surface area contributed by atoms with E-state index < -0.39 is 0 Å². The van der Waals surface area contributed by atoms with Crippen LogP contribution in [0.3, 0.4) is 0 Å². The standard InChI is InChI=1S/C22H23Cl2N3O2S/c1-2-3-4-5-6-10-19(28)27-22-26-17-12-11-14(13-18(17)30-22)25-21(29)20-15(23)8-7-9-16(20)24/h7-9,11-13H,2-6,10H2,1H3,(H,25,29)(H,26,27,28). The predicted molar refractivity (Wildman–Crippen MR) is 126 cm³/mol. The van der Waals surface area contributed by atoms with Crippen LogP contribution in [0.15, 0.2) is 36.4 Å². The molecular formula is C22H23Cl2N3O2S.